The molecule has 132 valence electrons. The van der Waals surface area contributed by atoms with Crippen LogP contribution in [0.25, 0.3) is 0 Å². The number of carbonyl (C=O) groups is 3. The first-order valence-electron chi connectivity index (χ1n) is 8.10. The summed E-state index contributed by atoms with van der Waals surface area (Å²) in [5, 5.41) is 2.64. The molecule has 2 unspecified atom stereocenters. The van der Waals surface area contributed by atoms with Gasteiger partial charge < -0.3 is 20.7 Å². The summed E-state index contributed by atoms with van der Waals surface area (Å²) in [4.78, 5) is 37.7. The molecule has 1 aliphatic rings. The van der Waals surface area contributed by atoms with Crippen LogP contribution in [-0.4, -0.2) is 47.0 Å². The molecule has 1 aliphatic heterocycles. The van der Waals surface area contributed by atoms with Crippen molar-refractivity contribution in [3.8, 4) is 0 Å². The number of nitrogens with one attached hydrogen (secondary N) is 1. The van der Waals surface area contributed by atoms with Crippen LogP contribution in [0.1, 0.15) is 53.9 Å². The Balaban J connectivity index is 2.82. The number of hydrogen-bond donors (Lipinski definition) is 2. The third-order valence-electron chi connectivity index (χ3n) is 3.56. The summed E-state index contributed by atoms with van der Waals surface area (Å²) in [5.41, 5.74) is 4.73. The molecule has 1 rings (SSSR count). The molecule has 7 nitrogen and oxygen atoms in total. The van der Waals surface area contributed by atoms with Crippen molar-refractivity contribution in [3.05, 3.63) is 0 Å². The van der Waals surface area contributed by atoms with Gasteiger partial charge in [-0.2, -0.15) is 0 Å². The van der Waals surface area contributed by atoms with Crippen molar-refractivity contribution >= 4 is 17.9 Å². The van der Waals surface area contributed by atoms with Crippen LogP contribution in [0.15, 0.2) is 0 Å². The van der Waals surface area contributed by atoms with Crippen molar-refractivity contribution in [1.82, 2.24) is 10.2 Å². The number of amides is 3. The summed E-state index contributed by atoms with van der Waals surface area (Å²) in [6.07, 6.45) is 1.15. The minimum atomic E-state index is -0.718. The van der Waals surface area contributed by atoms with Crippen LogP contribution in [0.4, 0.5) is 4.79 Å². The number of likely N-dealkylation sites (tertiary alicyclic amines) is 1. The second kappa shape index (κ2) is 7.66. The number of nitrogens with zero attached hydrogens (tertiary/aromatic N) is 1. The van der Waals surface area contributed by atoms with Crippen LogP contribution >= 0.6 is 0 Å². The van der Waals surface area contributed by atoms with E-state index in [4.69, 9.17) is 10.5 Å². The van der Waals surface area contributed by atoms with E-state index in [1.165, 1.54) is 4.90 Å². The SMILES string of the molecule is CC(C)CC(NC(=O)OC(C)(C)C)C(=O)N1CCCC1C(N)=O. The zero-order valence-corrected chi connectivity index (χ0v) is 14.7. The molecule has 0 aromatic rings. The zero-order valence-electron chi connectivity index (χ0n) is 14.7. The Morgan fingerprint density at radius 2 is 1.91 bits per heavy atom. The average Bonchev–Trinajstić information content (AvgIpc) is 2.83. The Morgan fingerprint density at radius 1 is 1.30 bits per heavy atom. The normalized spacial score (nSPS) is 19.6. The molecule has 0 aromatic carbocycles. The van der Waals surface area contributed by atoms with E-state index < -0.39 is 29.7 Å². The number of ether oxygens (including phenoxy) is 1. The maximum Gasteiger partial charge on any atom is 0.408 e. The summed E-state index contributed by atoms with van der Waals surface area (Å²) in [6.45, 7) is 9.69. The molecule has 1 fully saturated rings. The molecule has 0 saturated carbocycles. The Morgan fingerprint density at radius 3 is 2.39 bits per heavy atom. The van der Waals surface area contributed by atoms with E-state index in [1.807, 2.05) is 13.8 Å². The van der Waals surface area contributed by atoms with E-state index in [-0.39, 0.29) is 11.8 Å². The number of rotatable bonds is 5. The second-order valence-corrected chi connectivity index (χ2v) is 7.42. The van der Waals surface area contributed by atoms with Gasteiger partial charge in [0.1, 0.15) is 17.7 Å². The third kappa shape index (κ3) is 6.08. The Kier molecular flexibility index (Phi) is 6.41. The van der Waals surface area contributed by atoms with E-state index in [0.29, 0.717) is 19.4 Å². The fourth-order valence-electron chi connectivity index (χ4n) is 2.67. The number of nitrogens with two attached hydrogens (primary N) is 1. The predicted molar refractivity (Wildman–Crippen MR) is 86.5 cm³/mol. The van der Waals surface area contributed by atoms with Gasteiger partial charge in [-0.1, -0.05) is 13.8 Å². The van der Waals surface area contributed by atoms with Crippen molar-refractivity contribution < 1.29 is 19.1 Å². The van der Waals surface area contributed by atoms with Crippen molar-refractivity contribution in [2.75, 3.05) is 6.54 Å². The van der Waals surface area contributed by atoms with E-state index in [2.05, 4.69) is 5.32 Å². The van der Waals surface area contributed by atoms with E-state index in [1.54, 1.807) is 20.8 Å². The monoisotopic (exact) mass is 327 g/mol. The molecule has 1 saturated heterocycles. The lowest BCUT2D eigenvalue weighted by Crippen LogP contribution is -2.53. The lowest BCUT2D eigenvalue weighted by atomic mass is 10.0. The first kappa shape index (κ1) is 19.3. The van der Waals surface area contributed by atoms with E-state index in [0.717, 1.165) is 6.42 Å². The molecular formula is C16H29N3O4. The highest BCUT2D eigenvalue weighted by Crippen LogP contribution is 2.20. The Labute approximate surface area is 137 Å². The lowest BCUT2D eigenvalue weighted by Gasteiger charge is -2.29. The molecule has 0 radical (unpaired) electrons. The molecule has 3 N–H and O–H groups in total. The first-order chi connectivity index (χ1) is 10.5. The molecule has 23 heavy (non-hydrogen) atoms. The summed E-state index contributed by atoms with van der Waals surface area (Å²) in [5.74, 6) is -0.573. The third-order valence-corrected chi connectivity index (χ3v) is 3.56. The number of hydrogen-bond acceptors (Lipinski definition) is 4. The largest absolute Gasteiger partial charge is 0.444 e. The lowest BCUT2D eigenvalue weighted by molar-refractivity contribution is -0.139. The maximum absolute atomic E-state index is 12.7. The molecule has 2 atom stereocenters. The molecule has 0 spiro atoms. The second-order valence-electron chi connectivity index (χ2n) is 7.42. The van der Waals surface area contributed by atoms with Gasteiger partial charge in [-0.25, -0.2) is 4.79 Å². The van der Waals surface area contributed by atoms with Gasteiger partial charge in [-0.3, -0.25) is 9.59 Å². The van der Waals surface area contributed by atoms with Crippen molar-refractivity contribution in [2.45, 2.75) is 71.6 Å². The zero-order chi connectivity index (χ0) is 17.8. The van der Waals surface area contributed by atoms with Crippen LogP contribution in [0.2, 0.25) is 0 Å². The van der Waals surface area contributed by atoms with E-state index >= 15 is 0 Å². The van der Waals surface area contributed by atoms with Gasteiger partial charge in [-0.05, 0) is 46.0 Å². The van der Waals surface area contributed by atoms with Crippen molar-refractivity contribution in [2.24, 2.45) is 11.7 Å². The minimum absolute atomic E-state index is 0.202. The maximum atomic E-state index is 12.7. The highest BCUT2D eigenvalue weighted by molar-refractivity contribution is 5.91. The summed E-state index contributed by atoms with van der Waals surface area (Å²) in [6, 6.07) is -1.30. The number of carbonyl (C=O) groups excluding carboxylic acids is 3. The molecule has 7 heteroatoms. The van der Waals surface area contributed by atoms with Gasteiger partial charge in [0.15, 0.2) is 0 Å². The molecule has 3 amide bonds. The van der Waals surface area contributed by atoms with Gasteiger partial charge in [0, 0.05) is 6.54 Å². The first-order valence-corrected chi connectivity index (χ1v) is 8.10. The van der Waals surface area contributed by atoms with Gasteiger partial charge >= 0.3 is 6.09 Å². The Bertz CT molecular complexity index is 457. The van der Waals surface area contributed by atoms with Gasteiger partial charge in [-0.15, -0.1) is 0 Å². The van der Waals surface area contributed by atoms with Gasteiger partial charge in [0.25, 0.3) is 0 Å². The molecule has 0 aromatic heterocycles. The van der Waals surface area contributed by atoms with Crippen LogP contribution in [0.3, 0.4) is 0 Å². The molecule has 1 heterocycles. The number of primary amides is 1. The molecular weight excluding hydrogens is 298 g/mol. The van der Waals surface area contributed by atoms with Crippen LogP contribution in [-0.2, 0) is 14.3 Å². The highest BCUT2D eigenvalue weighted by Gasteiger charge is 2.37. The fraction of sp³-hybridized carbons (Fsp3) is 0.812. The van der Waals surface area contributed by atoms with Crippen molar-refractivity contribution in [1.29, 1.82) is 0 Å². The highest BCUT2D eigenvalue weighted by atomic mass is 16.6. The smallest absolute Gasteiger partial charge is 0.408 e. The number of alkyl carbamates (subject to hydrolysis) is 1. The van der Waals surface area contributed by atoms with Crippen LogP contribution in [0.5, 0.6) is 0 Å². The summed E-state index contributed by atoms with van der Waals surface area (Å²) >= 11 is 0. The quantitative estimate of drug-likeness (QED) is 0.797. The fourth-order valence-corrected chi connectivity index (χ4v) is 2.67. The topological polar surface area (TPSA) is 102 Å². The standard InChI is InChI=1S/C16H29N3O4/c1-10(2)9-11(18-15(22)23-16(3,4)5)14(21)19-8-6-7-12(19)13(17)20/h10-12H,6-9H2,1-5H3,(H2,17,20)(H,18,22). The average molecular weight is 327 g/mol. The summed E-state index contributed by atoms with van der Waals surface area (Å²) < 4.78 is 5.22. The van der Waals surface area contributed by atoms with Crippen molar-refractivity contribution in [3.63, 3.8) is 0 Å². The molecule has 0 aliphatic carbocycles. The van der Waals surface area contributed by atoms with Crippen LogP contribution in [0, 0.1) is 5.92 Å². The van der Waals surface area contributed by atoms with Gasteiger partial charge in [0.2, 0.25) is 11.8 Å². The summed E-state index contributed by atoms with van der Waals surface area (Å²) in [7, 11) is 0. The minimum Gasteiger partial charge on any atom is -0.444 e. The molecule has 0 bridgehead atoms. The predicted octanol–water partition coefficient (Wildman–Crippen LogP) is 1.40. The Hall–Kier alpha value is -1.79. The van der Waals surface area contributed by atoms with E-state index in [9.17, 15) is 14.4 Å². The van der Waals surface area contributed by atoms with Gasteiger partial charge in [0.05, 0.1) is 0 Å². The van der Waals surface area contributed by atoms with Crippen LogP contribution < -0.4 is 11.1 Å².